The summed E-state index contributed by atoms with van der Waals surface area (Å²) in [4.78, 5) is 2.57. The van der Waals surface area contributed by atoms with Gasteiger partial charge >= 0.3 is 0 Å². The zero-order valence-corrected chi connectivity index (χ0v) is 13.6. The molecule has 106 valence electrons. The van der Waals surface area contributed by atoms with Crippen LogP contribution in [0.3, 0.4) is 0 Å². The molecule has 2 nitrogen and oxygen atoms in total. The lowest BCUT2D eigenvalue weighted by molar-refractivity contribution is 0.207. The van der Waals surface area contributed by atoms with Gasteiger partial charge in [0.15, 0.2) is 0 Å². The van der Waals surface area contributed by atoms with Gasteiger partial charge in [0.1, 0.15) is 0 Å². The van der Waals surface area contributed by atoms with Crippen molar-refractivity contribution in [3.05, 3.63) is 33.8 Å². The molecule has 2 atom stereocenters. The molecule has 2 rings (SSSR count). The van der Waals surface area contributed by atoms with Crippen LogP contribution in [0.25, 0.3) is 0 Å². The van der Waals surface area contributed by atoms with Crippen LogP contribution >= 0.6 is 15.9 Å². The van der Waals surface area contributed by atoms with E-state index < -0.39 is 0 Å². The molecule has 1 aliphatic heterocycles. The number of nitrogens with two attached hydrogens (primary N) is 1. The molecule has 1 fully saturated rings. The molecule has 1 heterocycles. The van der Waals surface area contributed by atoms with Gasteiger partial charge in [-0.2, -0.15) is 0 Å². The quantitative estimate of drug-likeness (QED) is 0.914. The molecule has 2 N–H and O–H groups in total. The standard InChI is InChI=1S/C16H25BrN2/c1-12-4-3-8-19(9-7-12)16(11-18)14-6-5-13(2)15(17)10-14/h5-6,10,12,16H,3-4,7-9,11,18H2,1-2H3. The Hall–Kier alpha value is -0.380. The van der Waals surface area contributed by atoms with Gasteiger partial charge in [0.25, 0.3) is 0 Å². The number of hydrogen-bond donors (Lipinski definition) is 1. The maximum atomic E-state index is 6.05. The summed E-state index contributed by atoms with van der Waals surface area (Å²) in [5.74, 6) is 0.855. The van der Waals surface area contributed by atoms with Crippen LogP contribution in [0.5, 0.6) is 0 Å². The van der Waals surface area contributed by atoms with Crippen molar-refractivity contribution in [2.75, 3.05) is 19.6 Å². The van der Waals surface area contributed by atoms with E-state index in [2.05, 4.69) is 52.9 Å². The van der Waals surface area contributed by atoms with Gasteiger partial charge in [-0.15, -0.1) is 0 Å². The Labute approximate surface area is 125 Å². The molecule has 19 heavy (non-hydrogen) atoms. The molecule has 0 radical (unpaired) electrons. The Morgan fingerprint density at radius 1 is 1.37 bits per heavy atom. The van der Waals surface area contributed by atoms with E-state index in [-0.39, 0.29) is 0 Å². The SMILES string of the molecule is Cc1ccc(C(CN)N2CCCC(C)CC2)cc1Br. The number of aryl methyl sites for hydroxylation is 1. The highest BCUT2D eigenvalue weighted by Gasteiger charge is 2.22. The van der Waals surface area contributed by atoms with E-state index in [1.165, 1.54) is 48.0 Å². The molecule has 0 bridgehead atoms. The van der Waals surface area contributed by atoms with Crippen LogP contribution in [0, 0.1) is 12.8 Å². The fourth-order valence-electron chi connectivity index (χ4n) is 2.91. The first-order valence-corrected chi connectivity index (χ1v) is 8.11. The molecule has 3 heteroatoms. The molecular formula is C16H25BrN2. The van der Waals surface area contributed by atoms with Gasteiger partial charge < -0.3 is 5.73 Å². The van der Waals surface area contributed by atoms with Crippen LogP contribution in [0.1, 0.15) is 43.4 Å². The van der Waals surface area contributed by atoms with Crippen molar-refractivity contribution < 1.29 is 0 Å². The second kappa shape index (κ2) is 6.87. The van der Waals surface area contributed by atoms with E-state index in [1.54, 1.807) is 0 Å². The number of benzene rings is 1. The van der Waals surface area contributed by atoms with Crippen molar-refractivity contribution in [1.29, 1.82) is 0 Å². The summed E-state index contributed by atoms with van der Waals surface area (Å²) >= 11 is 3.63. The fraction of sp³-hybridized carbons (Fsp3) is 0.625. The van der Waals surface area contributed by atoms with E-state index in [0.717, 1.165) is 5.92 Å². The molecule has 0 saturated carbocycles. The van der Waals surface area contributed by atoms with Crippen molar-refractivity contribution in [2.45, 2.75) is 39.2 Å². The van der Waals surface area contributed by atoms with Crippen LogP contribution in [-0.4, -0.2) is 24.5 Å². The van der Waals surface area contributed by atoms with Gasteiger partial charge in [0.05, 0.1) is 0 Å². The third-order valence-electron chi connectivity index (χ3n) is 4.30. The minimum Gasteiger partial charge on any atom is -0.329 e. The summed E-state index contributed by atoms with van der Waals surface area (Å²) < 4.78 is 1.19. The first-order valence-electron chi connectivity index (χ1n) is 7.32. The van der Waals surface area contributed by atoms with Crippen LogP contribution in [0.4, 0.5) is 0 Å². The Balaban J connectivity index is 2.16. The first-order chi connectivity index (χ1) is 9.11. The van der Waals surface area contributed by atoms with Gasteiger partial charge in [-0.1, -0.05) is 35.0 Å². The predicted octanol–water partition coefficient (Wildman–Crippen LogP) is 3.88. The first kappa shape index (κ1) is 15.0. The van der Waals surface area contributed by atoms with Crippen LogP contribution < -0.4 is 5.73 Å². The Morgan fingerprint density at radius 3 is 2.84 bits per heavy atom. The highest BCUT2D eigenvalue weighted by Crippen LogP contribution is 2.28. The molecule has 0 aliphatic carbocycles. The van der Waals surface area contributed by atoms with E-state index >= 15 is 0 Å². The molecule has 0 aromatic heterocycles. The smallest absolute Gasteiger partial charge is 0.0470 e. The predicted molar refractivity (Wildman–Crippen MR) is 85.3 cm³/mol. The maximum Gasteiger partial charge on any atom is 0.0470 e. The average molecular weight is 325 g/mol. The van der Waals surface area contributed by atoms with Gasteiger partial charge in [0.2, 0.25) is 0 Å². The number of rotatable bonds is 3. The van der Waals surface area contributed by atoms with E-state index in [0.29, 0.717) is 12.6 Å². The minimum atomic E-state index is 0.363. The van der Waals surface area contributed by atoms with E-state index in [1.807, 2.05) is 0 Å². The lowest BCUT2D eigenvalue weighted by atomic mass is 10.0. The summed E-state index contributed by atoms with van der Waals surface area (Å²) in [5.41, 5.74) is 8.68. The van der Waals surface area contributed by atoms with Gasteiger partial charge in [-0.3, -0.25) is 4.90 Å². The molecular weight excluding hydrogens is 300 g/mol. The van der Waals surface area contributed by atoms with Crippen molar-refractivity contribution in [3.63, 3.8) is 0 Å². The van der Waals surface area contributed by atoms with Crippen LogP contribution in [0.15, 0.2) is 22.7 Å². The van der Waals surface area contributed by atoms with E-state index in [4.69, 9.17) is 5.73 Å². The van der Waals surface area contributed by atoms with Crippen molar-refractivity contribution >= 4 is 15.9 Å². The summed E-state index contributed by atoms with van der Waals surface area (Å²) in [6, 6.07) is 7.01. The lowest BCUT2D eigenvalue weighted by Gasteiger charge is -2.30. The van der Waals surface area contributed by atoms with Gasteiger partial charge in [0, 0.05) is 17.1 Å². The molecule has 0 amide bonds. The molecule has 1 aromatic rings. The highest BCUT2D eigenvalue weighted by atomic mass is 79.9. The number of nitrogens with zero attached hydrogens (tertiary/aromatic N) is 1. The zero-order chi connectivity index (χ0) is 13.8. The largest absolute Gasteiger partial charge is 0.329 e. The third kappa shape index (κ3) is 3.80. The molecule has 1 aromatic carbocycles. The zero-order valence-electron chi connectivity index (χ0n) is 12.0. The fourth-order valence-corrected chi connectivity index (χ4v) is 3.31. The summed E-state index contributed by atoms with van der Waals surface area (Å²) in [6.07, 6.45) is 3.94. The molecule has 1 aliphatic rings. The Morgan fingerprint density at radius 2 is 2.16 bits per heavy atom. The molecule has 2 unspecified atom stereocenters. The number of likely N-dealkylation sites (tertiary alicyclic amines) is 1. The Kier molecular flexibility index (Phi) is 5.43. The van der Waals surface area contributed by atoms with Crippen molar-refractivity contribution in [2.24, 2.45) is 11.7 Å². The topological polar surface area (TPSA) is 29.3 Å². The van der Waals surface area contributed by atoms with Gasteiger partial charge in [-0.25, -0.2) is 0 Å². The second-order valence-electron chi connectivity index (χ2n) is 5.83. The van der Waals surface area contributed by atoms with Crippen LogP contribution in [-0.2, 0) is 0 Å². The van der Waals surface area contributed by atoms with Crippen LogP contribution in [0.2, 0.25) is 0 Å². The van der Waals surface area contributed by atoms with Crippen molar-refractivity contribution in [3.8, 4) is 0 Å². The second-order valence-corrected chi connectivity index (χ2v) is 6.69. The molecule has 0 spiro atoms. The third-order valence-corrected chi connectivity index (χ3v) is 5.15. The van der Waals surface area contributed by atoms with Gasteiger partial charge in [-0.05, 0) is 62.4 Å². The summed E-state index contributed by atoms with van der Waals surface area (Å²) in [7, 11) is 0. The summed E-state index contributed by atoms with van der Waals surface area (Å²) in [5, 5.41) is 0. The average Bonchev–Trinajstić information content (AvgIpc) is 2.60. The monoisotopic (exact) mass is 324 g/mol. The Bertz CT molecular complexity index is 419. The highest BCUT2D eigenvalue weighted by molar-refractivity contribution is 9.10. The summed E-state index contributed by atoms with van der Waals surface area (Å²) in [6.45, 7) is 7.54. The maximum absolute atomic E-state index is 6.05. The molecule has 1 saturated heterocycles. The minimum absolute atomic E-state index is 0.363. The van der Waals surface area contributed by atoms with E-state index in [9.17, 15) is 0 Å². The lowest BCUT2D eigenvalue weighted by Crippen LogP contribution is -2.34. The number of halogens is 1. The number of hydrogen-bond acceptors (Lipinski definition) is 2. The normalized spacial score (nSPS) is 23.1. The van der Waals surface area contributed by atoms with Crippen molar-refractivity contribution in [1.82, 2.24) is 4.90 Å².